The molecule has 2 N–H and O–H groups in total. The number of halogens is 3. The van der Waals surface area contributed by atoms with Crippen LogP contribution < -0.4 is 34.5 Å². The first-order valence-corrected chi connectivity index (χ1v) is 33.0. The maximum absolute atomic E-state index is 14.5. The third-order valence-electron chi connectivity index (χ3n) is 12.8. The van der Waals surface area contributed by atoms with E-state index in [9.17, 15) is 40.8 Å². The number of fused-ring (bicyclic) bond motifs is 4. The van der Waals surface area contributed by atoms with Crippen LogP contribution >= 0.6 is 0 Å². The van der Waals surface area contributed by atoms with Crippen molar-refractivity contribution >= 4 is 72.5 Å². The number of carbonyl (C=O) groups excluding carboxylic acids is 4. The maximum atomic E-state index is 14.5. The highest BCUT2D eigenvalue weighted by atomic mass is 32.2. The molecule has 0 aliphatic carbocycles. The molecule has 0 saturated carbocycles. The number of anilines is 3. The summed E-state index contributed by atoms with van der Waals surface area (Å²) in [5, 5.41) is 0. The first-order valence-electron chi connectivity index (χ1n) is 24.2. The van der Waals surface area contributed by atoms with Crippen LogP contribution in [0.25, 0.3) is 5.57 Å². The van der Waals surface area contributed by atoms with Crippen LogP contribution in [-0.2, 0) is 33.4 Å². The molecule has 0 bridgehead atoms. The standard InChI is InChI=1S/C50H64F3N5O13SSi2/c1-65-42-24-36-38(57(30-67-18-20-73(3,4)5)48(61)40-22-33(28-55(40)46(36)59)32-12-14-34(54)15-13-32)26-44(42)69-16-10-9-11-17-70-45-27-39-37(25-43(45)66-2)47(60)56-29-35(71-72(63,64)50(51,52)53)23-41(56)49(62)58(39)31-68-19-21-74(6,7)8/h12-15,24-29,40-41H,9-11,16-23,30-31,54H2,1-8H3/t40-,41-/m1/s1. The largest absolute Gasteiger partial charge is 0.534 e. The zero-order valence-corrected chi connectivity index (χ0v) is 45.7. The van der Waals surface area contributed by atoms with Crippen molar-refractivity contribution in [2.24, 2.45) is 0 Å². The number of nitrogens with zero attached hydrogens (tertiary/aromatic N) is 4. The number of hydrogen-bond donors (Lipinski definition) is 1. The van der Waals surface area contributed by atoms with Gasteiger partial charge in [0.05, 0.1) is 49.9 Å². The molecule has 3 aromatic rings. The summed E-state index contributed by atoms with van der Waals surface area (Å²) in [6, 6.07) is 12.7. The number of nitrogens with two attached hydrogens (primary N) is 1. The molecule has 4 heterocycles. The van der Waals surface area contributed by atoms with Crippen LogP contribution in [0, 0.1) is 0 Å². The summed E-state index contributed by atoms with van der Waals surface area (Å²) in [6.07, 6.45) is 3.85. The lowest BCUT2D eigenvalue weighted by Crippen LogP contribution is -2.45. The Morgan fingerprint density at radius 2 is 1.09 bits per heavy atom. The average molecular weight is 1090 g/mol. The van der Waals surface area contributed by atoms with E-state index in [1.165, 1.54) is 41.1 Å². The van der Waals surface area contributed by atoms with Gasteiger partial charge in [-0.25, -0.2) is 0 Å². The van der Waals surface area contributed by atoms with Gasteiger partial charge in [0.2, 0.25) is 0 Å². The predicted octanol–water partition coefficient (Wildman–Crippen LogP) is 8.41. The van der Waals surface area contributed by atoms with E-state index in [4.69, 9.17) is 34.2 Å². The van der Waals surface area contributed by atoms with Crippen LogP contribution in [0.4, 0.5) is 30.2 Å². The molecule has 74 heavy (non-hydrogen) atoms. The van der Waals surface area contributed by atoms with Crippen molar-refractivity contribution in [3.63, 3.8) is 0 Å². The molecule has 0 fully saturated rings. The molecule has 0 aromatic heterocycles. The molecule has 402 valence electrons. The smallest absolute Gasteiger partial charge is 0.493 e. The van der Waals surface area contributed by atoms with Gasteiger partial charge in [-0.05, 0) is 66.8 Å². The highest BCUT2D eigenvalue weighted by Crippen LogP contribution is 2.44. The fraction of sp³-hybridized carbons (Fsp3) is 0.480. The Bertz CT molecular complexity index is 2800. The Morgan fingerprint density at radius 3 is 1.54 bits per heavy atom. The summed E-state index contributed by atoms with van der Waals surface area (Å²) in [6.45, 7) is 13.9. The first kappa shape index (κ1) is 55.7. The number of unbranched alkanes of at least 4 members (excludes halogenated alkanes) is 2. The van der Waals surface area contributed by atoms with Gasteiger partial charge in [0.1, 0.15) is 31.3 Å². The van der Waals surface area contributed by atoms with E-state index in [0.717, 1.165) is 34.3 Å². The quantitative estimate of drug-likeness (QED) is 0.0311. The Labute approximate surface area is 431 Å². The van der Waals surface area contributed by atoms with Crippen molar-refractivity contribution in [3.8, 4) is 23.0 Å². The second kappa shape index (κ2) is 22.4. The van der Waals surface area contributed by atoms with Crippen LogP contribution in [0.3, 0.4) is 0 Å². The summed E-state index contributed by atoms with van der Waals surface area (Å²) in [4.78, 5) is 62.1. The number of carbonyl (C=O) groups is 4. The molecule has 4 aliphatic heterocycles. The van der Waals surface area contributed by atoms with Crippen molar-refractivity contribution in [3.05, 3.63) is 83.4 Å². The number of rotatable bonds is 23. The summed E-state index contributed by atoms with van der Waals surface area (Å²) in [5.41, 5.74) is 3.09. The topological polar surface area (TPSA) is 206 Å². The van der Waals surface area contributed by atoms with Gasteiger partial charge in [-0.15, -0.1) is 0 Å². The van der Waals surface area contributed by atoms with E-state index in [1.54, 1.807) is 30.5 Å². The molecule has 18 nitrogen and oxygen atoms in total. The minimum Gasteiger partial charge on any atom is -0.493 e. The van der Waals surface area contributed by atoms with Gasteiger partial charge in [-0.3, -0.25) is 33.9 Å². The van der Waals surface area contributed by atoms with Crippen molar-refractivity contribution in [1.82, 2.24) is 9.80 Å². The molecule has 7 rings (SSSR count). The third kappa shape index (κ3) is 12.7. The Morgan fingerprint density at radius 1 is 0.635 bits per heavy atom. The van der Waals surface area contributed by atoms with Gasteiger partial charge in [-0.2, -0.15) is 21.6 Å². The molecule has 3 aromatic carbocycles. The van der Waals surface area contributed by atoms with Crippen LogP contribution in [0.2, 0.25) is 51.4 Å². The summed E-state index contributed by atoms with van der Waals surface area (Å²) in [7, 11) is -6.30. The van der Waals surface area contributed by atoms with Gasteiger partial charge >= 0.3 is 15.6 Å². The lowest BCUT2D eigenvalue weighted by Gasteiger charge is -2.27. The normalized spacial score (nSPS) is 18.0. The fourth-order valence-electron chi connectivity index (χ4n) is 8.54. The van der Waals surface area contributed by atoms with Gasteiger partial charge in [0, 0.05) is 72.4 Å². The zero-order chi connectivity index (χ0) is 53.9. The average Bonchev–Trinajstić information content (AvgIpc) is 3.94. The molecule has 0 radical (unpaired) electrons. The molecule has 24 heteroatoms. The first-order chi connectivity index (χ1) is 34.8. The lowest BCUT2D eigenvalue weighted by molar-refractivity contribution is -0.123. The van der Waals surface area contributed by atoms with Crippen LogP contribution in [0.15, 0.2) is 66.7 Å². The Kier molecular flexibility index (Phi) is 16.9. The number of methoxy groups -OCH3 is 2. The van der Waals surface area contributed by atoms with Gasteiger partial charge in [0.15, 0.2) is 23.0 Å². The van der Waals surface area contributed by atoms with Gasteiger partial charge in [-0.1, -0.05) is 51.4 Å². The van der Waals surface area contributed by atoms with Crippen LogP contribution in [-0.4, -0.2) is 130 Å². The van der Waals surface area contributed by atoms with E-state index in [0.29, 0.717) is 55.2 Å². The molecule has 4 amide bonds. The number of amides is 4. The second-order valence-corrected chi connectivity index (χ2v) is 33.5. The van der Waals surface area contributed by atoms with Crippen LogP contribution in [0.5, 0.6) is 23.0 Å². The van der Waals surface area contributed by atoms with Crippen LogP contribution in [0.1, 0.15) is 58.4 Å². The van der Waals surface area contributed by atoms with E-state index in [1.807, 2.05) is 12.1 Å². The van der Waals surface area contributed by atoms with E-state index >= 15 is 0 Å². The minimum absolute atomic E-state index is 0.0712. The SMILES string of the molecule is COc1cc2c(cc1OCCCCCOc1cc3c(cc1OC)C(=O)N1C=C(c4ccc(N)cc4)C[C@@H]1C(=O)N3COCC[Si](C)(C)C)N(COCC[Si](C)(C)C)C(=O)[C@H]1CC(OS(=O)(=O)C(F)(F)F)=CN1C2=O. The highest BCUT2D eigenvalue weighted by molar-refractivity contribution is 7.87. The lowest BCUT2D eigenvalue weighted by atomic mass is 10.0. The summed E-state index contributed by atoms with van der Waals surface area (Å²) in [5.74, 6) is -2.03. The Hall–Kier alpha value is -6.09. The number of benzene rings is 3. The molecule has 4 aliphatic rings. The van der Waals surface area contributed by atoms with Gasteiger partial charge < -0.3 is 43.2 Å². The molecule has 0 unspecified atom stereocenters. The van der Waals surface area contributed by atoms with Crippen molar-refractivity contribution in [1.29, 1.82) is 0 Å². The number of nitrogen functional groups attached to an aromatic ring is 1. The number of alkyl halides is 3. The third-order valence-corrected chi connectivity index (χ3v) is 17.2. The second-order valence-electron chi connectivity index (χ2n) is 20.7. The summed E-state index contributed by atoms with van der Waals surface area (Å²) < 4.78 is 104. The van der Waals surface area contributed by atoms with Crippen molar-refractivity contribution < 1.29 is 73.4 Å². The van der Waals surface area contributed by atoms with Crippen molar-refractivity contribution in [2.45, 2.75) is 101 Å². The molecule has 0 saturated heterocycles. The summed E-state index contributed by atoms with van der Waals surface area (Å²) >= 11 is 0. The zero-order valence-electron chi connectivity index (χ0n) is 42.8. The highest BCUT2D eigenvalue weighted by Gasteiger charge is 2.51. The predicted molar refractivity (Wildman–Crippen MR) is 276 cm³/mol. The Balaban J connectivity index is 1.04. The maximum Gasteiger partial charge on any atom is 0.534 e. The monoisotopic (exact) mass is 1090 g/mol. The van der Waals surface area contributed by atoms with E-state index in [-0.39, 0.29) is 73.4 Å². The molecule has 2 atom stereocenters. The number of hydrogen-bond acceptors (Lipinski definition) is 14. The van der Waals surface area contributed by atoms with E-state index < -0.39 is 67.9 Å². The fourth-order valence-corrected chi connectivity index (χ4v) is 10.5. The molecular formula is C50H64F3N5O13SSi2. The van der Waals surface area contributed by atoms with E-state index in [2.05, 4.69) is 43.5 Å². The molecule has 0 spiro atoms. The number of ether oxygens (including phenoxy) is 6. The molecular weight excluding hydrogens is 1020 g/mol. The minimum atomic E-state index is -6.08. The van der Waals surface area contributed by atoms with Crippen molar-refractivity contribution in [2.75, 3.05) is 69.6 Å². The van der Waals surface area contributed by atoms with Gasteiger partial charge in [0.25, 0.3) is 23.6 Å².